The highest BCUT2D eigenvalue weighted by molar-refractivity contribution is 5.77. The molecule has 0 aromatic rings. The van der Waals surface area contributed by atoms with E-state index in [2.05, 4.69) is 4.90 Å². The molecule has 3 unspecified atom stereocenters. The van der Waals surface area contributed by atoms with Crippen LogP contribution in [0, 0.1) is 5.92 Å². The standard InChI is InChI=1S/C12H22N2O/c1-9(13)8-12(15)14-7-6-10-4-2-3-5-11(10)14/h9-11H,2-8,13H2,1H3. The summed E-state index contributed by atoms with van der Waals surface area (Å²) in [6.07, 6.45) is 6.93. The van der Waals surface area contributed by atoms with Crippen LogP contribution in [0.15, 0.2) is 0 Å². The minimum absolute atomic E-state index is 0.000130. The van der Waals surface area contributed by atoms with Gasteiger partial charge in [-0.3, -0.25) is 4.79 Å². The lowest BCUT2D eigenvalue weighted by Gasteiger charge is -2.32. The minimum atomic E-state index is 0.000130. The van der Waals surface area contributed by atoms with Crippen LogP contribution in [0.5, 0.6) is 0 Å². The normalized spacial score (nSPS) is 32.5. The van der Waals surface area contributed by atoms with Crippen molar-refractivity contribution in [3.05, 3.63) is 0 Å². The van der Waals surface area contributed by atoms with Crippen LogP contribution in [0.2, 0.25) is 0 Å². The van der Waals surface area contributed by atoms with Gasteiger partial charge in [-0.05, 0) is 32.1 Å². The maximum Gasteiger partial charge on any atom is 0.224 e. The smallest absolute Gasteiger partial charge is 0.224 e. The molecule has 0 aromatic carbocycles. The minimum Gasteiger partial charge on any atom is -0.339 e. The second kappa shape index (κ2) is 4.52. The molecule has 0 bridgehead atoms. The van der Waals surface area contributed by atoms with Gasteiger partial charge in [-0.25, -0.2) is 0 Å². The summed E-state index contributed by atoms with van der Waals surface area (Å²) in [6, 6.07) is 0.546. The molecule has 2 N–H and O–H groups in total. The van der Waals surface area contributed by atoms with Crippen molar-refractivity contribution in [1.82, 2.24) is 4.90 Å². The Kier molecular flexibility index (Phi) is 3.29. The Hall–Kier alpha value is -0.570. The maximum atomic E-state index is 12.0. The molecule has 86 valence electrons. The molecule has 2 rings (SSSR count). The van der Waals surface area contributed by atoms with Gasteiger partial charge in [-0.15, -0.1) is 0 Å². The van der Waals surface area contributed by atoms with Crippen LogP contribution < -0.4 is 5.73 Å². The zero-order chi connectivity index (χ0) is 10.8. The van der Waals surface area contributed by atoms with Gasteiger partial charge < -0.3 is 10.6 Å². The number of fused-ring (bicyclic) bond motifs is 1. The Balaban J connectivity index is 1.95. The molecule has 1 amide bonds. The van der Waals surface area contributed by atoms with Crippen molar-refractivity contribution >= 4 is 5.91 Å². The first-order chi connectivity index (χ1) is 7.18. The molecule has 2 aliphatic rings. The quantitative estimate of drug-likeness (QED) is 0.751. The largest absolute Gasteiger partial charge is 0.339 e. The summed E-state index contributed by atoms with van der Waals surface area (Å²) in [4.78, 5) is 14.1. The monoisotopic (exact) mass is 210 g/mol. The lowest BCUT2D eigenvalue weighted by molar-refractivity contribution is -0.133. The van der Waals surface area contributed by atoms with E-state index in [1.165, 1.54) is 32.1 Å². The number of carbonyl (C=O) groups is 1. The molecular formula is C12H22N2O. The summed E-state index contributed by atoms with van der Waals surface area (Å²) in [6.45, 7) is 2.88. The SMILES string of the molecule is CC(N)CC(=O)N1CCC2CCCCC21. The highest BCUT2D eigenvalue weighted by Crippen LogP contribution is 2.36. The fourth-order valence-electron chi connectivity index (χ4n) is 3.11. The number of nitrogens with zero attached hydrogens (tertiary/aromatic N) is 1. The van der Waals surface area contributed by atoms with E-state index in [0.717, 1.165) is 12.5 Å². The van der Waals surface area contributed by atoms with Crippen molar-refractivity contribution < 1.29 is 4.79 Å². The third-order valence-corrected chi connectivity index (χ3v) is 3.83. The zero-order valence-corrected chi connectivity index (χ0v) is 9.61. The highest BCUT2D eigenvalue weighted by Gasteiger charge is 2.37. The average molecular weight is 210 g/mol. The number of rotatable bonds is 2. The number of hydrogen-bond acceptors (Lipinski definition) is 2. The van der Waals surface area contributed by atoms with Crippen molar-refractivity contribution in [2.24, 2.45) is 11.7 Å². The van der Waals surface area contributed by atoms with Crippen molar-refractivity contribution in [2.75, 3.05) is 6.54 Å². The van der Waals surface area contributed by atoms with Gasteiger partial charge in [0, 0.05) is 25.0 Å². The van der Waals surface area contributed by atoms with E-state index >= 15 is 0 Å². The first-order valence-electron chi connectivity index (χ1n) is 6.23. The first kappa shape index (κ1) is 10.9. The molecular weight excluding hydrogens is 188 g/mol. The Morgan fingerprint density at radius 2 is 2.13 bits per heavy atom. The van der Waals surface area contributed by atoms with Crippen LogP contribution in [-0.2, 0) is 4.79 Å². The highest BCUT2D eigenvalue weighted by atomic mass is 16.2. The lowest BCUT2D eigenvalue weighted by atomic mass is 9.85. The van der Waals surface area contributed by atoms with Crippen molar-refractivity contribution in [1.29, 1.82) is 0 Å². The van der Waals surface area contributed by atoms with E-state index in [0.29, 0.717) is 12.5 Å². The van der Waals surface area contributed by atoms with Crippen LogP contribution in [-0.4, -0.2) is 29.4 Å². The van der Waals surface area contributed by atoms with Crippen LogP contribution in [0.3, 0.4) is 0 Å². The number of likely N-dealkylation sites (tertiary alicyclic amines) is 1. The van der Waals surface area contributed by atoms with E-state index in [4.69, 9.17) is 5.73 Å². The van der Waals surface area contributed by atoms with Gasteiger partial charge in [0.05, 0.1) is 0 Å². The predicted molar refractivity (Wildman–Crippen MR) is 60.3 cm³/mol. The molecule has 1 aliphatic carbocycles. The maximum absolute atomic E-state index is 12.0. The lowest BCUT2D eigenvalue weighted by Crippen LogP contribution is -2.41. The van der Waals surface area contributed by atoms with Crippen LogP contribution in [0.25, 0.3) is 0 Å². The Morgan fingerprint density at radius 3 is 2.87 bits per heavy atom. The number of hydrogen-bond donors (Lipinski definition) is 1. The summed E-state index contributed by atoms with van der Waals surface area (Å²) >= 11 is 0. The first-order valence-corrected chi connectivity index (χ1v) is 6.23. The zero-order valence-electron chi connectivity index (χ0n) is 9.61. The Morgan fingerprint density at radius 1 is 1.40 bits per heavy atom. The average Bonchev–Trinajstić information content (AvgIpc) is 2.59. The molecule has 1 heterocycles. The molecule has 3 atom stereocenters. The molecule has 0 radical (unpaired) electrons. The molecule has 0 aromatic heterocycles. The van der Waals surface area contributed by atoms with Crippen molar-refractivity contribution in [3.63, 3.8) is 0 Å². The molecule has 3 nitrogen and oxygen atoms in total. The van der Waals surface area contributed by atoms with Gasteiger partial charge in [0.2, 0.25) is 5.91 Å². The molecule has 3 heteroatoms. The summed E-state index contributed by atoms with van der Waals surface area (Å²) < 4.78 is 0. The van der Waals surface area contributed by atoms with E-state index in [1.54, 1.807) is 0 Å². The number of carbonyl (C=O) groups excluding carboxylic acids is 1. The van der Waals surface area contributed by atoms with Crippen molar-refractivity contribution in [3.8, 4) is 0 Å². The van der Waals surface area contributed by atoms with E-state index in [9.17, 15) is 4.79 Å². The molecule has 15 heavy (non-hydrogen) atoms. The topological polar surface area (TPSA) is 46.3 Å². The molecule has 0 spiro atoms. The summed E-state index contributed by atoms with van der Waals surface area (Å²) in [5, 5.41) is 0. The fraction of sp³-hybridized carbons (Fsp3) is 0.917. The second-order valence-corrected chi connectivity index (χ2v) is 5.17. The molecule has 1 aliphatic heterocycles. The fourth-order valence-corrected chi connectivity index (χ4v) is 3.11. The van der Waals surface area contributed by atoms with Crippen LogP contribution in [0.1, 0.15) is 45.4 Å². The van der Waals surface area contributed by atoms with E-state index in [-0.39, 0.29) is 11.9 Å². The Labute approximate surface area is 92.0 Å². The molecule has 2 fully saturated rings. The Bertz CT molecular complexity index is 240. The van der Waals surface area contributed by atoms with Gasteiger partial charge in [0.1, 0.15) is 0 Å². The molecule has 1 saturated heterocycles. The van der Waals surface area contributed by atoms with E-state index < -0.39 is 0 Å². The third-order valence-electron chi connectivity index (χ3n) is 3.83. The summed E-state index contributed by atoms with van der Waals surface area (Å²) in [7, 11) is 0. The van der Waals surface area contributed by atoms with Crippen LogP contribution in [0.4, 0.5) is 0 Å². The van der Waals surface area contributed by atoms with Gasteiger partial charge in [-0.1, -0.05) is 12.8 Å². The number of amides is 1. The van der Waals surface area contributed by atoms with Gasteiger partial charge >= 0.3 is 0 Å². The van der Waals surface area contributed by atoms with Crippen LogP contribution >= 0.6 is 0 Å². The predicted octanol–water partition coefficient (Wildman–Crippen LogP) is 1.51. The van der Waals surface area contributed by atoms with Crippen molar-refractivity contribution in [2.45, 2.75) is 57.5 Å². The van der Waals surface area contributed by atoms with Gasteiger partial charge in [-0.2, -0.15) is 0 Å². The molecule has 1 saturated carbocycles. The van der Waals surface area contributed by atoms with Gasteiger partial charge in [0.15, 0.2) is 0 Å². The van der Waals surface area contributed by atoms with E-state index in [1.807, 2.05) is 6.92 Å². The number of nitrogens with two attached hydrogens (primary N) is 1. The summed E-state index contributed by atoms with van der Waals surface area (Å²) in [5.74, 6) is 1.06. The third kappa shape index (κ3) is 2.33. The van der Waals surface area contributed by atoms with Gasteiger partial charge in [0.25, 0.3) is 0 Å². The summed E-state index contributed by atoms with van der Waals surface area (Å²) in [5.41, 5.74) is 5.68. The second-order valence-electron chi connectivity index (χ2n) is 5.17.